The van der Waals surface area contributed by atoms with Crippen molar-refractivity contribution in [2.45, 2.75) is 19.8 Å². The van der Waals surface area contributed by atoms with Crippen LogP contribution in [0.3, 0.4) is 0 Å². The number of likely N-dealkylation sites (N-methyl/N-ethyl adjacent to an activating group) is 1. The molecule has 0 aliphatic carbocycles. The standard InChI is InChI=1S/C20H28N6O/c1-3-4-10-21-19(27)18-9-11-22-20(24-18)23-16-5-7-17(8-6-16)26-14-12-25(2)13-15-26/h5-9,11H,3-4,10,12-15H2,1-2H3,(H,21,27)(H,22,23,24). The van der Waals surface area contributed by atoms with Crippen LogP contribution in [-0.2, 0) is 0 Å². The maximum absolute atomic E-state index is 12.1. The molecule has 1 saturated heterocycles. The van der Waals surface area contributed by atoms with Gasteiger partial charge in [0, 0.05) is 50.3 Å². The predicted molar refractivity (Wildman–Crippen MR) is 109 cm³/mol. The highest BCUT2D eigenvalue weighted by Gasteiger charge is 2.14. The summed E-state index contributed by atoms with van der Waals surface area (Å²) in [5, 5.41) is 6.05. The molecule has 144 valence electrons. The molecule has 2 N–H and O–H groups in total. The second kappa shape index (κ2) is 9.32. The van der Waals surface area contributed by atoms with Gasteiger partial charge in [0.2, 0.25) is 5.95 Å². The third-order valence-electron chi connectivity index (χ3n) is 4.70. The highest BCUT2D eigenvalue weighted by Crippen LogP contribution is 2.20. The summed E-state index contributed by atoms with van der Waals surface area (Å²) in [5.74, 6) is 0.254. The Bertz CT molecular complexity index is 740. The van der Waals surface area contributed by atoms with Crippen LogP contribution in [0.2, 0.25) is 0 Å². The topological polar surface area (TPSA) is 73.4 Å². The van der Waals surface area contributed by atoms with Gasteiger partial charge in [-0.2, -0.15) is 0 Å². The van der Waals surface area contributed by atoms with Crippen molar-refractivity contribution in [2.75, 3.05) is 50.0 Å². The van der Waals surface area contributed by atoms with Gasteiger partial charge in [0.1, 0.15) is 5.69 Å². The Labute approximate surface area is 160 Å². The van der Waals surface area contributed by atoms with E-state index < -0.39 is 0 Å². The second-order valence-corrected chi connectivity index (χ2v) is 6.84. The van der Waals surface area contributed by atoms with Gasteiger partial charge >= 0.3 is 0 Å². The predicted octanol–water partition coefficient (Wildman–Crippen LogP) is 2.50. The van der Waals surface area contributed by atoms with Crippen LogP contribution in [-0.4, -0.2) is 60.5 Å². The smallest absolute Gasteiger partial charge is 0.270 e. The van der Waals surface area contributed by atoms with E-state index in [-0.39, 0.29) is 5.91 Å². The first-order chi connectivity index (χ1) is 13.2. The van der Waals surface area contributed by atoms with Gasteiger partial charge in [0.05, 0.1) is 0 Å². The molecule has 0 bridgehead atoms. The summed E-state index contributed by atoms with van der Waals surface area (Å²) in [6.07, 6.45) is 3.60. The molecular formula is C20H28N6O. The van der Waals surface area contributed by atoms with Gasteiger partial charge in [0.15, 0.2) is 0 Å². The third-order valence-corrected chi connectivity index (χ3v) is 4.70. The lowest BCUT2D eigenvalue weighted by molar-refractivity contribution is 0.0948. The number of unbranched alkanes of at least 4 members (excludes halogenated alkanes) is 1. The summed E-state index contributed by atoms with van der Waals surface area (Å²) < 4.78 is 0. The van der Waals surface area contributed by atoms with Crippen molar-refractivity contribution in [2.24, 2.45) is 0 Å². The first-order valence-electron chi connectivity index (χ1n) is 9.57. The molecule has 0 spiro atoms. The molecule has 7 heteroatoms. The lowest BCUT2D eigenvalue weighted by Crippen LogP contribution is -2.44. The molecule has 2 heterocycles. The first-order valence-corrected chi connectivity index (χ1v) is 9.57. The fraction of sp³-hybridized carbons (Fsp3) is 0.450. The monoisotopic (exact) mass is 368 g/mol. The van der Waals surface area contributed by atoms with Crippen molar-refractivity contribution in [3.8, 4) is 0 Å². The van der Waals surface area contributed by atoms with Gasteiger partial charge in [-0.25, -0.2) is 9.97 Å². The van der Waals surface area contributed by atoms with Crippen LogP contribution in [0.1, 0.15) is 30.3 Å². The summed E-state index contributed by atoms with van der Waals surface area (Å²) in [6.45, 7) is 7.01. The van der Waals surface area contributed by atoms with Gasteiger partial charge in [-0.05, 0) is 43.8 Å². The number of amides is 1. The number of aromatic nitrogens is 2. The van der Waals surface area contributed by atoms with Crippen LogP contribution in [0.25, 0.3) is 0 Å². The quantitative estimate of drug-likeness (QED) is 0.732. The van der Waals surface area contributed by atoms with Crippen LogP contribution in [0, 0.1) is 0 Å². The minimum Gasteiger partial charge on any atom is -0.369 e. The van der Waals surface area contributed by atoms with Crippen molar-refractivity contribution in [3.05, 3.63) is 42.2 Å². The molecule has 7 nitrogen and oxygen atoms in total. The number of nitrogens with one attached hydrogen (secondary N) is 2. The number of nitrogens with zero attached hydrogens (tertiary/aromatic N) is 4. The Morgan fingerprint density at radius 1 is 1.11 bits per heavy atom. The van der Waals surface area contributed by atoms with Crippen molar-refractivity contribution >= 4 is 23.2 Å². The zero-order valence-corrected chi connectivity index (χ0v) is 16.1. The van der Waals surface area contributed by atoms with Gasteiger partial charge in [-0.3, -0.25) is 4.79 Å². The van der Waals surface area contributed by atoms with E-state index in [0.717, 1.165) is 44.7 Å². The van der Waals surface area contributed by atoms with E-state index in [1.54, 1.807) is 12.3 Å². The molecule has 3 rings (SSSR count). The molecule has 1 aliphatic heterocycles. The number of hydrogen-bond acceptors (Lipinski definition) is 6. The molecule has 0 radical (unpaired) electrons. The summed E-state index contributed by atoms with van der Waals surface area (Å²) in [4.78, 5) is 25.4. The molecule has 0 unspecified atom stereocenters. The largest absolute Gasteiger partial charge is 0.369 e. The number of anilines is 3. The molecule has 1 aromatic carbocycles. The van der Waals surface area contributed by atoms with Gasteiger partial charge in [0.25, 0.3) is 5.91 Å². The Balaban J connectivity index is 1.60. The van der Waals surface area contributed by atoms with E-state index in [1.165, 1.54) is 5.69 Å². The minimum absolute atomic E-state index is 0.167. The van der Waals surface area contributed by atoms with E-state index in [4.69, 9.17) is 0 Å². The zero-order chi connectivity index (χ0) is 19.1. The van der Waals surface area contributed by atoms with Crippen molar-refractivity contribution in [1.82, 2.24) is 20.2 Å². The number of benzene rings is 1. The lowest BCUT2D eigenvalue weighted by Gasteiger charge is -2.34. The molecular weight excluding hydrogens is 340 g/mol. The summed E-state index contributed by atoms with van der Waals surface area (Å²) in [6, 6.07) is 9.88. The molecule has 27 heavy (non-hydrogen) atoms. The summed E-state index contributed by atoms with van der Waals surface area (Å²) >= 11 is 0. The fourth-order valence-corrected chi connectivity index (χ4v) is 2.96. The van der Waals surface area contributed by atoms with Crippen LogP contribution in [0.15, 0.2) is 36.5 Å². The number of hydrogen-bond donors (Lipinski definition) is 2. The molecule has 1 fully saturated rings. The maximum Gasteiger partial charge on any atom is 0.270 e. The van der Waals surface area contributed by atoms with Crippen molar-refractivity contribution < 1.29 is 4.79 Å². The van der Waals surface area contributed by atoms with Crippen molar-refractivity contribution in [3.63, 3.8) is 0 Å². The zero-order valence-electron chi connectivity index (χ0n) is 16.1. The van der Waals surface area contributed by atoms with Gasteiger partial charge in [-0.1, -0.05) is 13.3 Å². The minimum atomic E-state index is -0.167. The van der Waals surface area contributed by atoms with E-state index in [1.807, 2.05) is 12.1 Å². The molecule has 0 atom stereocenters. The third kappa shape index (κ3) is 5.40. The van der Waals surface area contributed by atoms with E-state index in [2.05, 4.69) is 56.5 Å². The van der Waals surface area contributed by atoms with E-state index in [0.29, 0.717) is 18.2 Å². The Morgan fingerprint density at radius 3 is 2.56 bits per heavy atom. The maximum atomic E-state index is 12.1. The second-order valence-electron chi connectivity index (χ2n) is 6.84. The summed E-state index contributed by atoms with van der Waals surface area (Å²) in [7, 11) is 2.16. The number of carbonyl (C=O) groups is 1. The first kappa shape index (κ1) is 19.1. The molecule has 1 aliphatic rings. The van der Waals surface area contributed by atoms with Crippen molar-refractivity contribution in [1.29, 1.82) is 0 Å². The number of carbonyl (C=O) groups excluding carboxylic acids is 1. The van der Waals surface area contributed by atoms with Crippen LogP contribution >= 0.6 is 0 Å². The Kier molecular flexibility index (Phi) is 6.59. The van der Waals surface area contributed by atoms with Gasteiger partial charge < -0.3 is 20.4 Å². The average Bonchev–Trinajstić information content (AvgIpc) is 2.70. The van der Waals surface area contributed by atoms with E-state index in [9.17, 15) is 4.79 Å². The lowest BCUT2D eigenvalue weighted by atomic mass is 10.2. The molecule has 1 aromatic heterocycles. The fourth-order valence-electron chi connectivity index (χ4n) is 2.96. The highest BCUT2D eigenvalue weighted by atomic mass is 16.1. The van der Waals surface area contributed by atoms with Crippen LogP contribution in [0.5, 0.6) is 0 Å². The molecule has 1 amide bonds. The number of rotatable bonds is 7. The Hall–Kier alpha value is -2.67. The van der Waals surface area contributed by atoms with Crippen LogP contribution in [0.4, 0.5) is 17.3 Å². The normalized spacial score (nSPS) is 14.8. The van der Waals surface area contributed by atoms with Gasteiger partial charge in [-0.15, -0.1) is 0 Å². The summed E-state index contributed by atoms with van der Waals surface area (Å²) in [5.41, 5.74) is 2.49. The van der Waals surface area contributed by atoms with Crippen LogP contribution < -0.4 is 15.5 Å². The highest BCUT2D eigenvalue weighted by molar-refractivity contribution is 5.92. The Morgan fingerprint density at radius 2 is 1.85 bits per heavy atom. The SMILES string of the molecule is CCCCNC(=O)c1ccnc(Nc2ccc(N3CCN(C)CC3)cc2)n1. The average molecular weight is 368 g/mol. The molecule has 0 saturated carbocycles. The number of piperazine rings is 1. The van der Waals surface area contributed by atoms with E-state index >= 15 is 0 Å². The molecule has 2 aromatic rings.